The van der Waals surface area contributed by atoms with Crippen LogP contribution in [0.4, 0.5) is 4.79 Å². The zero-order valence-electron chi connectivity index (χ0n) is 15.3. The highest BCUT2D eigenvalue weighted by atomic mass is 16.5. The summed E-state index contributed by atoms with van der Waals surface area (Å²) < 4.78 is 5.12. The van der Waals surface area contributed by atoms with Crippen LogP contribution in [0, 0.1) is 5.92 Å². The number of carbonyl (C=O) groups excluding carboxylic acids is 2. The van der Waals surface area contributed by atoms with Crippen LogP contribution in [-0.2, 0) is 16.1 Å². The van der Waals surface area contributed by atoms with E-state index in [2.05, 4.69) is 24.5 Å². The van der Waals surface area contributed by atoms with E-state index in [1.165, 1.54) is 0 Å². The third-order valence-corrected chi connectivity index (χ3v) is 3.78. The van der Waals surface area contributed by atoms with E-state index in [9.17, 15) is 9.59 Å². The molecule has 0 aliphatic rings. The molecule has 6 nitrogen and oxygen atoms in total. The Hall–Kier alpha value is -2.08. The van der Waals surface area contributed by atoms with Crippen molar-refractivity contribution in [3.8, 4) is 0 Å². The minimum Gasteiger partial charge on any atom is -0.445 e. The molecule has 2 amide bonds. The summed E-state index contributed by atoms with van der Waals surface area (Å²) in [6.45, 7) is 5.66. The van der Waals surface area contributed by atoms with Crippen molar-refractivity contribution in [2.75, 3.05) is 13.1 Å². The molecule has 140 valence electrons. The van der Waals surface area contributed by atoms with Gasteiger partial charge in [-0.15, -0.1) is 0 Å². The molecule has 1 atom stereocenters. The van der Waals surface area contributed by atoms with Crippen molar-refractivity contribution < 1.29 is 14.3 Å². The molecule has 1 rings (SSSR count). The van der Waals surface area contributed by atoms with Crippen molar-refractivity contribution in [1.82, 2.24) is 10.6 Å². The fraction of sp³-hybridized carbons (Fsp3) is 0.579. The number of amides is 2. The molecular weight excluding hydrogens is 318 g/mol. The number of carbonyl (C=O) groups is 2. The molecule has 0 fully saturated rings. The normalized spacial score (nSPS) is 11.8. The lowest BCUT2D eigenvalue weighted by molar-refractivity contribution is -0.122. The number of ether oxygens (including phenoxy) is 1. The zero-order valence-corrected chi connectivity index (χ0v) is 15.3. The van der Waals surface area contributed by atoms with Gasteiger partial charge in [0.05, 0.1) is 6.04 Å². The molecule has 4 N–H and O–H groups in total. The summed E-state index contributed by atoms with van der Waals surface area (Å²) in [5.74, 6) is 0.458. The highest BCUT2D eigenvalue weighted by Crippen LogP contribution is 2.02. The number of alkyl carbamates (subject to hydrolysis) is 1. The highest BCUT2D eigenvalue weighted by Gasteiger charge is 2.12. The monoisotopic (exact) mass is 349 g/mol. The molecule has 0 spiro atoms. The standard InChI is InChI=1S/C19H31N3O3/c1-15(2)11-13-21-18(23)17(20)10-6-7-12-22-19(24)25-14-16-8-4-3-5-9-16/h3-5,8-9,15,17H,6-7,10-14,20H2,1-2H3,(H,21,23)(H,22,24)/t17-/m1/s1. The van der Waals surface area contributed by atoms with Gasteiger partial charge >= 0.3 is 6.09 Å². The van der Waals surface area contributed by atoms with Gasteiger partial charge in [-0.2, -0.15) is 0 Å². The number of benzene rings is 1. The van der Waals surface area contributed by atoms with E-state index in [4.69, 9.17) is 10.5 Å². The minimum absolute atomic E-state index is 0.101. The number of rotatable bonds is 11. The Kier molecular flexibility index (Phi) is 10.3. The quantitative estimate of drug-likeness (QED) is 0.535. The van der Waals surface area contributed by atoms with E-state index < -0.39 is 12.1 Å². The second-order valence-electron chi connectivity index (χ2n) is 6.56. The molecule has 25 heavy (non-hydrogen) atoms. The molecule has 0 unspecified atom stereocenters. The van der Waals surface area contributed by atoms with Crippen molar-refractivity contribution in [3.63, 3.8) is 0 Å². The number of hydrogen-bond donors (Lipinski definition) is 3. The van der Waals surface area contributed by atoms with Crippen molar-refractivity contribution in [2.45, 2.75) is 52.2 Å². The van der Waals surface area contributed by atoms with E-state index in [0.717, 1.165) is 24.8 Å². The lowest BCUT2D eigenvalue weighted by Crippen LogP contribution is -2.41. The predicted molar refractivity (Wildman–Crippen MR) is 98.9 cm³/mol. The maximum atomic E-state index is 11.8. The van der Waals surface area contributed by atoms with Crippen LogP contribution in [0.25, 0.3) is 0 Å². The molecule has 0 aromatic heterocycles. The SMILES string of the molecule is CC(C)CCNC(=O)[C@H](N)CCCCNC(=O)OCc1ccccc1. The molecule has 6 heteroatoms. The van der Waals surface area contributed by atoms with Crippen molar-refractivity contribution in [2.24, 2.45) is 11.7 Å². The highest BCUT2D eigenvalue weighted by molar-refractivity contribution is 5.81. The van der Waals surface area contributed by atoms with Crippen LogP contribution in [0.5, 0.6) is 0 Å². The predicted octanol–water partition coefficient (Wildman–Crippen LogP) is 2.57. The van der Waals surface area contributed by atoms with Gasteiger partial charge in [0.25, 0.3) is 0 Å². The van der Waals surface area contributed by atoms with Gasteiger partial charge in [-0.1, -0.05) is 44.2 Å². The fourth-order valence-corrected chi connectivity index (χ4v) is 2.20. The van der Waals surface area contributed by atoms with Crippen LogP contribution in [0.15, 0.2) is 30.3 Å². The van der Waals surface area contributed by atoms with Crippen molar-refractivity contribution >= 4 is 12.0 Å². The minimum atomic E-state index is -0.489. The topological polar surface area (TPSA) is 93.5 Å². The lowest BCUT2D eigenvalue weighted by atomic mass is 10.1. The van der Waals surface area contributed by atoms with Gasteiger partial charge in [-0.05, 0) is 37.2 Å². The summed E-state index contributed by atoms with van der Waals surface area (Å²) >= 11 is 0. The van der Waals surface area contributed by atoms with Gasteiger partial charge in [0.2, 0.25) is 5.91 Å². The lowest BCUT2D eigenvalue weighted by Gasteiger charge is -2.13. The van der Waals surface area contributed by atoms with E-state index in [-0.39, 0.29) is 12.5 Å². The summed E-state index contributed by atoms with van der Waals surface area (Å²) in [7, 11) is 0. The first kappa shape index (κ1) is 21.0. The van der Waals surface area contributed by atoms with E-state index in [0.29, 0.717) is 25.4 Å². The average Bonchev–Trinajstić information content (AvgIpc) is 2.60. The van der Waals surface area contributed by atoms with Gasteiger partial charge in [0.15, 0.2) is 0 Å². The van der Waals surface area contributed by atoms with Crippen LogP contribution in [0.1, 0.15) is 45.1 Å². The van der Waals surface area contributed by atoms with E-state index in [1.54, 1.807) is 0 Å². The van der Waals surface area contributed by atoms with E-state index in [1.807, 2.05) is 30.3 Å². The van der Waals surface area contributed by atoms with Gasteiger partial charge in [0.1, 0.15) is 6.61 Å². The molecule has 0 bridgehead atoms. The molecule has 0 saturated carbocycles. The third kappa shape index (κ3) is 10.4. The molecule has 0 aliphatic heterocycles. The van der Waals surface area contributed by atoms with Gasteiger partial charge < -0.3 is 21.1 Å². The Bertz CT molecular complexity index is 506. The first-order chi connectivity index (χ1) is 12.0. The smallest absolute Gasteiger partial charge is 0.407 e. The Labute approximate surface area is 150 Å². The van der Waals surface area contributed by atoms with Gasteiger partial charge in [0, 0.05) is 13.1 Å². The summed E-state index contributed by atoms with van der Waals surface area (Å²) in [4.78, 5) is 23.4. The van der Waals surface area contributed by atoms with Crippen molar-refractivity contribution in [1.29, 1.82) is 0 Å². The second kappa shape index (κ2) is 12.3. The molecular formula is C19H31N3O3. The zero-order chi connectivity index (χ0) is 18.5. The van der Waals surface area contributed by atoms with E-state index >= 15 is 0 Å². The Morgan fingerprint density at radius 2 is 1.76 bits per heavy atom. The van der Waals surface area contributed by atoms with Crippen molar-refractivity contribution in [3.05, 3.63) is 35.9 Å². The molecule has 0 heterocycles. The molecule has 0 saturated heterocycles. The average molecular weight is 349 g/mol. The number of nitrogens with two attached hydrogens (primary N) is 1. The summed E-state index contributed by atoms with van der Waals surface area (Å²) in [5.41, 5.74) is 6.82. The molecule has 1 aromatic carbocycles. The fourth-order valence-electron chi connectivity index (χ4n) is 2.20. The Balaban J connectivity index is 2.03. The maximum Gasteiger partial charge on any atom is 0.407 e. The Morgan fingerprint density at radius 3 is 2.44 bits per heavy atom. The maximum absolute atomic E-state index is 11.8. The van der Waals surface area contributed by atoms with Crippen LogP contribution < -0.4 is 16.4 Å². The number of unbranched alkanes of at least 4 members (excludes halogenated alkanes) is 1. The van der Waals surface area contributed by atoms with Crippen LogP contribution >= 0.6 is 0 Å². The summed E-state index contributed by atoms with van der Waals surface area (Å²) in [6.07, 6.45) is 2.66. The molecule has 0 aliphatic carbocycles. The Morgan fingerprint density at radius 1 is 1.04 bits per heavy atom. The summed E-state index contributed by atoms with van der Waals surface area (Å²) in [6, 6.07) is 9.04. The first-order valence-corrected chi connectivity index (χ1v) is 8.97. The first-order valence-electron chi connectivity index (χ1n) is 8.97. The molecule has 0 radical (unpaired) electrons. The summed E-state index contributed by atoms with van der Waals surface area (Å²) in [5, 5.41) is 5.55. The molecule has 1 aromatic rings. The van der Waals surface area contributed by atoms with Crippen LogP contribution in [0.2, 0.25) is 0 Å². The van der Waals surface area contributed by atoms with Crippen LogP contribution in [-0.4, -0.2) is 31.1 Å². The third-order valence-electron chi connectivity index (χ3n) is 3.78. The number of hydrogen-bond acceptors (Lipinski definition) is 4. The van der Waals surface area contributed by atoms with Gasteiger partial charge in [-0.3, -0.25) is 4.79 Å². The van der Waals surface area contributed by atoms with Gasteiger partial charge in [-0.25, -0.2) is 4.79 Å². The second-order valence-corrected chi connectivity index (χ2v) is 6.56. The largest absolute Gasteiger partial charge is 0.445 e. The van der Waals surface area contributed by atoms with Crippen LogP contribution in [0.3, 0.4) is 0 Å². The number of nitrogens with one attached hydrogen (secondary N) is 2.